The Labute approximate surface area is 155 Å². The zero-order valence-electron chi connectivity index (χ0n) is 14.5. The second-order valence-electron chi connectivity index (χ2n) is 5.61. The summed E-state index contributed by atoms with van der Waals surface area (Å²) < 4.78 is 34.1. The Hall–Kier alpha value is -2.35. The minimum atomic E-state index is -2.36. The van der Waals surface area contributed by atoms with E-state index in [-0.39, 0.29) is 5.82 Å². The fourth-order valence-electron chi connectivity index (χ4n) is 2.65. The third-order valence-corrected chi connectivity index (χ3v) is 3.79. The van der Waals surface area contributed by atoms with E-state index in [0.717, 1.165) is 11.1 Å². The van der Waals surface area contributed by atoms with Gasteiger partial charge in [0.25, 0.3) is 0 Å². The number of benzene rings is 2. The standard InChI is InChI=1S/C19H19FN2.H3NO2S/c1-2-22-18(14-16-11-7-4-8-12-16)19(20)17(21-22)13-15-9-5-3-6-10-15;1-4(2)3/h3-12H,2,13-14H2,1H3;1H2,(H,2,3)/p-1. The molecule has 0 amide bonds. The summed E-state index contributed by atoms with van der Waals surface area (Å²) in [5, 5.41) is 8.49. The summed E-state index contributed by atoms with van der Waals surface area (Å²) in [7, 11) is 0. The molecule has 0 spiro atoms. The molecule has 2 N–H and O–H groups in total. The Kier molecular flexibility index (Phi) is 7.65. The SMILES string of the molecule is CCn1nc(Cc2ccccc2)c(F)c1Cc1ccccc1.NS(=O)[O-]. The molecule has 0 bridgehead atoms. The lowest BCUT2D eigenvalue weighted by Crippen LogP contribution is -2.04. The first kappa shape index (κ1) is 20.0. The maximum atomic E-state index is 14.8. The van der Waals surface area contributed by atoms with E-state index < -0.39 is 11.3 Å². The van der Waals surface area contributed by atoms with Crippen LogP contribution in [0.3, 0.4) is 0 Å². The van der Waals surface area contributed by atoms with Gasteiger partial charge < -0.3 is 4.55 Å². The van der Waals surface area contributed by atoms with Gasteiger partial charge in [0.05, 0.1) is 5.69 Å². The van der Waals surface area contributed by atoms with Gasteiger partial charge in [0.2, 0.25) is 0 Å². The van der Waals surface area contributed by atoms with Crippen LogP contribution in [0.4, 0.5) is 4.39 Å². The van der Waals surface area contributed by atoms with Crippen LogP contribution in [0.1, 0.15) is 29.4 Å². The van der Waals surface area contributed by atoms with Crippen molar-refractivity contribution in [2.45, 2.75) is 26.3 Å². The van der Waals surface area contributed by atoms with Crippen LogP contribution in [-0.4, -0.2) is 18.5 Å². The van der Waals surface area contributed by atoms with Crippen molar-refractivity contribution in [1.82, 2.24) is 9.78 Å². The van der Waals surface area contributed by atoms with E-state index in [1.54, 1.807) is 4.68 Å². The second-order valence-corrected chi connectivity index (χ2v) is 6.13. The van der Waals surface area contributed by atoms with Gasteiger partial charge in [-0.05, 0) is 18.1 Å². The van der Waals surface area contributed by atoms with Crippen molar-refractivity contribution in [2.24, 2.45) is 5.14 Å². The van der Waals surface area contributed by atoms with Crippen LogP contribution in [0.25, 0.3) is 0 Å². The minimum Gasteiger partial charge on any atom is -0.760 e. The molecule has 0 aliphatic rings. The molecule has 2 aromatic carbocycles. The molecule has 1 atom stereocenters. The summed E-state index contributed by atoms with van der Waals surface area (Å²) >= 11 is -2.36. The maximum Gasteiger partial charge on any atom is 0.168 e. The first-order chi connectivity index (χ1) is 12.5. The molecule has 0 saturated heterocycles. The van der Waals surface area contributed by atoms with Crippen LogP contribution >= 0.6 is 0 Å². The Morgan fingerprint density at radius 3 is 1.96 bits per heavy atom. The summed E-state index contributed by atoms with van der Waals surface area (Å²) in [6, 6.07) is 19.9. The van der Waals surface area contributed by atoms with Gasteiger partial charge in [0, 0.05) is 30.7 Å². The van der Waals surface area contributed by atoms with Crippen LogP contribution in [0.15, 0.2) is 60.7 Å². The minimum absolute atomic E-state index is 0.172. The van der Waals surface area contributed by atoms with Crippen molar-refractivity contribution in [3.05, 3.63) is 89.0 Å². The van der Waals surface area contributed by atoms with Gasteiger partial charge >= 0.3 is 0 Å². The quantitative estimate of drug-likeness (QED) is 0.697. The highest BCUT2D eigenvalue weighted by atomic mass is 32.2. The third kappa shape index (κ3) is 5.87. The number of hydrogen-bond acceptors (Lipinski definition) is 3. The Balaban J connectivity index is 0.000000552. The summed E-state index contributed by atoms with van der Waals surface area (Å²) in [5.41, 5.74) is 3.37. The van der Waals surface area contributed by atoms with Crippen molar-refractivity contribution < 1.29 is 13.2 Å². The van der Waals surface area contributed by atoms with Gasteiger partial charge in [-0.25, -0.2) is 4.39 Å². The normalized spacial score (nSPS) is 11.5. The molecule has 138 valence electrons. The van der Waals surface area contributed by atoms with Gasteiger partial charge in [0.1, 0.15) is 5.69 Å². The highest BCUT2D eigenvalue weighted by molar-refractivity contribution is 7.76. The molecule has 5 nitrogen and oxygen atoms in total. The number of halogens is 1. The topological polar surface area (TPSA) is 84.0 Å². The predicted molar refractivity (Wildman–Crippen MR) is 99.5 cm³/mol. The van der Waals surface area contributed by atoms with Crippen LogP contribution in [0.5, 0.6) is 0 Å². The van der Waals surface area contributed by atoms with Crippen molar-refractivity contribution in [1.29, 1.82) is 0 Å². The van der Waals surface area contributed by atoms with Crippen molar-refractivity contribution in [2.75, 3.05) is 0 Å². The van der Waals surface area contributed by atoms with Crippen molar-refractivity contribution in [3.63, 3.8) is 0 Å². The van der Waals surface area contributed by atoms with Crippen LogP contribution in [-0.2, 0) is 30.7 Å². The van der Waals surface area contributed by atoms with Crippen LogP contribution < -0.4 is 5.14 Å². The number of hydrogen-bond donors (Lipinski definition) is 1. The maximum absolute atomic E-state index is 14.8. The Bertz CT molecular complexity index is 835. The van der Waals surface area contributed by atoms with E-state index in [1.807, 2.05) is 67.6 Å². The molecule has 3 aromatic rings. The Morgan fingerprint density at radius 2 is 1.50 bits per heavy atom. The molecule has 0 radical (unpaired) electrons. The number of aryl methyl sites for hydroxylation is 1. The lowest BCUT2D eigenvalue weighted by molar-refractivity contribution is 0.538. The summed E-state index contributed by atoms with van der Waals surface area (Å²) in [6.07, 6.45) is 1.10. The molecule has 0 saturated carbocycles. The van der Waals surface area contributed by atoms with Gasteiger partial charge in [-0.3, -0.25) is 14.0 Å². The van der Waals surface area contributed by atoms with Gasteiger partial charge in [-0.15, -0.1) is 0 Å². The van der Waals surface area contributed by atoms with E-state index in [9.17, 15) is 4.39 Å². The zero-order valence-corrected chi connectivity index (χ0v) is 15.3. The van der Waals surface area contributed by atoms with E-state index in [0.29, 0.717) is 30.8 Å². The molecule has 26 heavy (non-hydrogen) atoms. The number of nitrogens with zero attached hydrogens (tertiary/aromatic N) is 2. The lowest BCUT2D eigenvalue weighted by Gasteiger charge is -2.04. The largest absolute Gasteiger partial charge is 0.760 e. The molecule has 0 aliphatic carbocycles. The summed E-state index contributed by atoms with van der Waals surface area (Å²) in [6.45, 7) is 2.67. The number of aromatic nitrogens is 2. The fourth-order valence-corrected chi connectivity index (χ4v) is 2.65. The molecule has 1 unspecified atom stereocenters. The number of nitrogens with two attached hydrogens (primary N) is 1. The van der Waals surface area contributed by atoms with Crippen molar-refractivity contribution >= 4 is 11.3 Å². The molecular formula is C19H21FN3O2S-. The average Bonchev–Trinajstić information content (AvgIpc) is 2.92. The molecule has 1 heterocycles. The van der Waals surface area contributed by atoms with E-state index in [4.69, 9.17) is 8.76 Å². The average molecular weight is 374 g/mol. The smallest absolute Gasteiger partial charge is 0.168 e. The van der Waals surface area contributed by atoms with E-state index >= 15 is 0 Å². The second kappa shape index (κ2) is 9.96. The summed E-state index contributed by atoms with van der Waals surface area (Å²) in [4.78, 5) is 0. The highest BCUT2D eigenvalue weighted by Crippen LogP contribution is 2.19. The number of rotatable bonds is 5. The molecule has 0 aliphatic heterocycles. The summed E-state index contributed by atoms with van der Waals surface area (Å²) in [5.74, 6) is -0.172. The van der Waals surface area contributed by atoms with Crippen LogP contribution in [0.2, 0.25) is 0 Å². The third-order valence-electron chi connectivity index (χ3n) is 3.79. The predicted octanol–water partition coefficient (Wildman–Crippen LogP) is 2.96. The van der Waals surface area contributed by atoms with Crippen molar-refractivity contribution in [3.8, 4) is 0 Å². The van der Waals surface area contributed by atoms with Gasteiger partial charge in [-0.2, -0.15) is 5.10 Å². The molecule has 1 aromatic heterocycles. The lowest BCUT2D eigenvalue weighted by atomic mass is 10.1. The van der Waals surface area contributed by atoms with Gasteiger partial charge in [-0.1, -0.05) is 60.7 Å². The monoisotopic (exact) mass is 374 g/mol. The van der Waals surface area contributed by atoms with Crippen LogP contribution in [0, 0.1) is 5.82 Å². The molecule has 3 rings (SSSR count). The molecule has 0 fully saturated rings. The first-order valence-electron chi connectivity index (χ1n) is 8.16. The van der Waals surface area contributed by atoms with E-state index in [1.165, 1.54) is 0 Å². The van der Waals surface area contributed by atoms with Gasteiger partial charge in [0.15, 0.2) is 5.82 Å². The molecular weight excluding hydrogens is 353 g/mol. The van der Waals surface area contributed by atoms with E-state index in [2.05, 4.69) is 10.2 Å². The Morgan fingerprint density at radius 1 is 1.04 bits per heavy atom. The fraction of sp³-hybridized carbons (Fsp3) is 0.211. The molecule has 7 heteroatoms. The zero-order chi connectivity index (χ0) is 18.9. The first-order valence-corrected chi connectivity index (χ1v) is 9.30. The highest BCUT2D eigenvalue weighted by Gasteiger charge is 2.17.